The Bertz CT molecular complexity index is 704. The molecule has 2 N–H and O–H groups in total. The summed E-state index contributed by atoms with van der Waals surface area (Å²) in [6.07, 6.45) is 1.62. The fourth-order valence-corrected chi connectivity index (χ4v) is 4.57. The first kappa shape index (κ1) is 17.1. The Hall–Kier alpha value is -1.72. The van der Waals surface area contributed by atoms with Crippen LogP contribution in [0.25, 0.3) is 0 Å². The Balaban J connectivity index is 1.98. The van der Waals surface area contributed by atoms with Crippen molar-refractivity contribution in [1.82, 2.24) is 25.7 Å². The molecule has 1 unspecified atom stereocenters. The summed E-state index contributed by atoms with van der Waals surface area (Å²) in [7, 11) is 1.45. The molecule has 11 heteroatoms. The van der Waals surface area contributed by atoms with E-state index >= 15 is 0 Å². The average Bonchev–Trinajstić information content (AvgIpc) is 3.09. The number of rotatable bonds is 2. The molecule has 0 spiro atoms. The number of nitrogens with zero attached hydrogens (tertiary/aromatic N) is 5. The van der Waals surface area contributed by atoms with Gasteiger partial charge in [0.2, 0.25) is 0 Å². The molecule has 1 aromatic rings. The van der Waals surface area contributed by atoms with Crippen LogP contribution in [0.1, 0.15) is 38.1 Å². The standard InChI is InChI=1S/C13H18N6O3S2/c1-13(2)10(19(21)11(20)14-3)18(12(23)24-13)15-7-5-4-6-8-9(7)17-22-16-8/h10,21H,4-6H2,1-3H3,(H,14,20). The highest BCUT2D eigenvalue weighted by atomic mass is 32.2. The van der Waals surface area contributed by atoms with Gasteiger partial charge in [0.25, 0.3) is 0 Å². The fourth-order valence-electron chi connectivity index (χ4n) is 2.80. The number of aromatic nitrogens is 2. The van der Waals surface area contributed by atoms with E-state index in [1.165, 1.54) is 23.8 Å². The van der Waals surface area contributed by atoms with E-state index in [0.29, 0.717) is 27.2 Å². The lowest BCUT2D eigenvalue weighted by Gasteiger charge is -2.34. The summed E-state index contributed by atoms with van der Waals surface area (Å²) in [4.78, 5) is 11.9. The number of thioether (sulfide) groups is 1. The molecule has 2 aliphatic rings. The maximum Gasteiger partial charge on any atom is 0.343 e. The van der Waals surface area contributed by atoms with Gasteiger partial charge in [-0.3, -0.25) is 5.21 Å². The molecule has 0 saturated carbocycles. The van der Waals surface area contributed by atoms with Crippen LogP contribution in [0, 0.1) is 0 Å². The summed E-state index contributed by atoms with van der Waals surface area (Å²) in [5.41, 5.74) is 2.07. The van der Waals surface area contributed by atoms with Gasteiger partial charge in [-0.05, 0) is 38.3 Å². The molecule has 1 aliphatic heterocycles. The highest BCUT2D eigenvalue weighted by molar-refractivity contribution is 8.24. The third-order valence-corrected chi connectivity index (χ3v) is 5.47. The number of nitrogens with one attached hydrogen (secondary N) is 1. The molecule has 0 radical (unpaired) electrons. The van der Waals surface area contributed by atoms with Crippen molar-refractivity contribution in [3.8, 4) is 0 Å². The number of hydrogen-bond acceptors (Lipinski definition) is 8. The summed E-state index contributed by atoms with van der Waals surface area (Å²) in [6.45, 7) is 3.79. The molecule has 1 fully saturated rings. The van der Waals surface area contributed by atoms with Crippen molar-refractivity contribution in [2.75, 3.05) is 7.05 Å². The fraction of sp³-hybridized carbons (Fsp3) is 0.615. The van der Waals surface area contributed by atoms with E-state index in [2.05, 4.69) is 20.7 Å². The van der Waals surface area contributed by atoms with Crippen molar-refractivity contribution in [2.24, 2.45) is 5.10 Å². The molecule has 130 valence electrons. The van der Waals surface area contributed by atoms with Crippen molar-refractivity contribution >= 4 is 40.0 Å². The van der Waals surface area contributed by atoms with Gasteiger partial charge in [-0.15, -0.1) is 0 Å². The van der Waals surface area contributed by atoms with Crippen LogP contribution in [-0.4, -0.2) is 59.6 Å². The van der Waals surface area contributed by atoms with Crippen LogP contribution in [0.3, 0.4) is 0 Å². The van der Waals surface area contributed by atoms with Crippen LogP contribution in [0.15, 0.2) is 9.73 Å². The zero-order valence-electron chi connectivity index (χ0n) is 13.5. The second-order valence-electron chi connectivity index (χ2n) is 6.05. The minimum atomic E-state index is -0.743. The Morgan fingerprint density at radius 3 is 3.00 bits per heavy atom. The van der Waals surface area contributed by atoms with Crippen LogP contribution in [0.4, 0.5) is 4.79 Å². The molecular weight excluding hydrogens is 352 g/mol. The lowest BCUT2D eigenvalue weighted by atomic mass is 9.99. The van der Waals surface area contributed by atoms with E-state index in [0.717, 1.165) is 18.5 Å². The van der Waals surface area contributed by atoms with Gasteiger partial charge in [0.05, 0.1) is 10.5 Å². The van der Waals surface area contributed by atoms with Crippen LogP contribution in [0.2, 0.25) is 0 Å². The molecule has 0 aromatic carbocycles. The molecule has 2 amide bonds. The second kappa shape index (κ2) is 6.30. The van der Waals surface area contributed by atoms with Gasteiger partial charge in [-0.25, -0.2) is 14.4 Å². The first-order valence-corrected chi connectivity index (χ1v) is 8.69. The van der Waals surface area contributed by atoms with Crippen LogP contribution in [0.5, 0.6) is 0 Å². The predicted molar refractivity (Wildman–Crippen MR) is 91.7 cm³/mol. The van der Waals surface area contributed by atoms with Gasteiger partial charge in [0.1, 0.15) is 5.69 Å². The number of aryl methyl sites for hydroxylation is 1. The monoisotopic (exact) mass is 370 g/mol. The lowest BCUT2D eigenvalue weighted by molar-refractivity contribution is -0.118. The maximum atomic E-state index is 11.9. The molecule has 0 bridgehead atoms. The van der Waals surface area contributed by atoms with Gasteiger partial charge < -0.3 is 5.32 Å². The lowest BCUT2D eigenvalue weighted by Crippen LogP contribution is -2.55. The van der Waals surface area contributed by atoms with E-state index in [-0.39, 0.29) is 0 Å². The number of fused-ring (bicyclic) bond motifs is 1. The van der Waals surface area contributed by atoms with E-state index < -0.39 is 16.9 Å². The smallest absolute Gasteiger partial charge is 0.339 e. The number of carbonyl (C=O) groups is 1. The SMILES string of the molecule is CNC(=O)N(O)C1N(N=C2CCCc3nonc32)C(=S)SC1(C)C. The normalized spacial score (nSPS) is 24.2. The molecular formula is C13H18N6O3S2. The number of amides is 2. The zero-order chi connectivity index (χ0) is 17.5. The summed E-state index contributed by atoms with van der Waals surface area (Å²) >= 11 is 6.78. The van der Waals surface area contributed by atoms with E-state index in [9.17, 15) is 10.0 Å². The van der Waals surface area contributed by atoms with Gasteiger partial charge >= 0.3 is 6.03 Å². The number of carbonyl (C=O) groups excluding carboxylic acids is 1. The molecule has 1 atom stereocenters. The Kier molecular flexibility index (Phi) is 4.49. The minimum Gasteiger partial charge on any atom is -0.339 e. The molecule has 1 aliphatic carbocycles. The van der Waals surface area contributed by atoms with Crippen LogP contribution < -0.4 is 5.32 Å². The number of hydroxylamine groups is 2. The average molecular weight is 370 g/mol. The summed E-state index contributed by atoms with van der Waals surface area (Å²) in [5.74, 6) is 0. The molecule has 2 heterocycles. The third-order valence-electron chi connectivity index (χ3n) is 3.93. The Labute approximate surface area is 148 Å². The number of hydrazone groups is 1. The van der Waals surface area contributed by atoms with E-state index in [4.69, 9.17) is 16.8 Å². The summed E-state index contributed by atoms with van der Waals surface area (Å²) in [5, 5.41) is 27.2. The maximum absolute atomic E-state index is 11.9. The van der Waals surface area contributed by atoms with Gasteiger partial charge in [0.15, 0.2) is 16.2 Å². The highest BCUT2D eigenvalue weighted by Gasteiger charge is 2.50. The molecule has 1 aromatic heterocycles. The van der Waals surface area contributed by atoms with Crippen LogP contribution >= 0.6 is 24.0 Å². The summed E-state index contributed by atoms with van der Waals surface area (Å²) < 4.78 is 4.73. The van der Waals surface area contributed by atoms with Gasteiger partial charge in [0, 0.05) is 7.05 Å². The molecule has 3 rings (SSSR count). The number of urea groups is 1. The Morgan fingerprint density at radius 1 is 1.54 bits per heavy atom. The first-order chi connectivity index (χ1) is 11.3. The number of hydrogen-bond donors (Lipinski definition) is 2. The van der Waals surface area contributed by atoms with Gasteiger partial charge in [-0.1, -0.05) is 29.1 Å². The second-order valence-corrected chi connectivity index (χ2v) is 8.34. The van der Waals surface area contributed by atoms with Crippen molar-refractivity contribution in [2.45, 2.75) is 44.0 Å². The molecule has 24 heavy (non-hydrogen) atoms. The molecule has 9 nitrogen and oxygen atoms in total. The van der Waals surface area contributed by atoms with Crippen molar-refractivity contribution < 1.29 is 14.6 Å². The van der Waals surface area contributed by atoms with E-state index in [1.54, 1.807) is 0 Å². The summed E-state index contributed by atoms with van der Waals surface area (Å²) in [6, 6.07) is -0.629. The highest BCUT2D eigenvalue weighted by Crippen LogP contribution is 2.43. The zero-order valence-corrected chi connectivity index (χ0v) is 15.1. The first-order valence-electron chi connectivity index (χ1n) is 7.46. The van der Waals surface area contributed by atoms with Crippen molar-refractivity contribution in [3.63, 3.8) is 0 Å². The molecule has 1 saturated heterocycles. The Morgan fingerprint density at radius 2 is 2.29 bits per heavy atom. The quantitative estimate of drug-likeness (QED) is 0.459. The van der Waals surface area contributed by atoms with Crippen molar-refractivity contribution in [3.05, 3.63) is 11.4 Å². The third kappa shape index (κ3) is 2.87. The van der Waals surface area contributed by atoms with E-state index in [1.807, 2.05) is 13.8 Å². The number of thiocarbonyl (C=S) groups is 1. The van der Waals surface area contributed by atoms with Crippen LogP contribution in [-0.2, 0) is 6.42 Å². The predicted octanol–water partition coefficient (Wildman–Crippen LogP) is 1.58. The minimum absolute atomic E-state index is 0.476. The largest absolute Gasteiger partial charge is 0.343 e. The van der Waals surface area contributed by atoms with Gasteiger partial charge in [-0.2, -0.15) is 10.2 Å². The topological polar surface area (TPSA) is 107 Å². The van der Waals surface area contributed by atoms with Crippen molar-refractivity contribution in [1.29, 1.82) is 0 Å².